The monoisotopic (exact) mass is 356 g/mol. The predicted molar refractivity (Wildman–Crippen MR) is 84.6 cm³/mol. The normalized spacial score (nSPS) is 12.5. The highest BCUT2D eigenvalue weighted by Crippen LogP contribution is 2.30. The Kier molecular flexibility index (Phi) is 5.97. The molecule has 0 saturated carbocycles. The van der Waals surface area contributed by atoms with Crippen LogP contribution in [0.25, 0.3) is 0 Å². The number of rotatable bonds is 5. The molecule has 4 nitrogen and oxygen atoms in total. The van der Waals surface area contributed by atoms with Crippen molar-refractivity contribution in [3.05, 3.63) is 65.5 Å². The summed E-state index contributed by atoms with van der Waals surface area (Å²) in [6, 6.07) is 9.30. The maximum absolute atomic E-state index is 13.2. The Hall–Kier alpha value is -2.61. The maximum Gasteiger partial charge on any atom is 0.416 e. The van der Waals surface area contributed by atoms with Gasteiger partial charge in [0.1, 0.15) is 5.82 Å². The Morgan fingerprint density at radius 3 is 2.52 bits per heavy atom. The molecule has 0 aliphatic heterocycles. The molecule has 0 heterocycles. The van der Waals surface area contributed by atoms with E-state index < -0.39 is 29.7 Å². The molecule has 8 heteroatoms. The Labute approximate surface area is 141 Å². The summed E-state index contributed by atoms with van der Waals surface area (Å²) in [4.78, 5) is 11.9. The minimum atomic E-state index is -4.49. The van der Waals surface area contributed by atoms with Crippen LogP contribution in [-0.2, 0) is 10.9 Å². The number of benzene rings is 2. The average Bonchev–Trinajstić information content (AvgIpc) is 2.55. The largest absolute Gasteiger partial charge is 0.416 e. The molecular weight excluding hydrogens is 340 g/mol. The van der Waals surface area contributed by atoms with Gasteiger partial charge in [0.05, 0.1) is 11.7 Å². The van der Waals surface area contributed by atoms with Crippen molar-refractivity contribution in [3.63, 3.8) is 0 Å². The van der Waals surface area contributed by atoms with Gasteiger partial charge in [-0.1, -0.05) is 18.2 Å². The van der Waals surface area contributed by atoms with Crippen LogP contribution in [0.2, 0.25) is 0 Å². The zero-order valence-electron chi connectivity index (χ0n) is 13.2. The van der Waals surface area contributed by atoms with Crippen molar-refractivity contribution in [2.75, 3.05) is 19.0 Å². The van der Waals surface area contributed by atoms with E-state index in [1.165, 1.54) is 37.4 Å². The summed E-state index contributed by atoms with van der Waals surface area (Å²) >= 11 is 0. The molecule has 0 aromatic heterocycles. The number of nitrogens with one attached hydrogen (secondary N) is 2. The number of hydrogen-bond acceptors (Lipinski definition) is 2. The summed E-state index contributed by atoms with van der Waals surface area (Å²) in [5.41, 5.74) is -0.325. The van der Waals surface area contributed by atoms with Crippen LogP contribution in [0.4, 0.5) is 28.0 Å². The van der Waals surface area contributed by atoms with Crippen molar-refractivity contribution in [2.45, 2.75) is 12.3 Å². The van der Waals surface area contributed by atoms with Crippen LogP contribution in [0.1, 0.15) is 17.2 Å². The van der Waals surface area contributed by atoms with Gasteiger partial charge < -0.3 is 15.4 Å². The molecule has 0 saturated heterocycles. The molecule has 2 aromatic carbocycles. The minimum absolute atomic E-state index is 0.00653. The highest BCUT2D eigenvalue weighted by molar-refractivity contribution is 5.89. The summed E-state index contributed by atoms with van der Waals surface area (Å²) in [6.45, 7) is 0.0186. The smallest absolute Gasteiger partial charge is 0.375 e. The minimum Gasteiger partial charge on any atom is -0.375 e. The van der Waals surface area contributed by atoms with Gasteiger partial charge in [0.2, 0.25) is 0 Å². The van der Waals surface area contributed by atoms with E-state index in [4.69, 9.17) is 4.74 Å². The van der Waals surface area contributed by atoms with Gasteiger partial charge in [-0.15, -0.1) is 0 Å². The lowest BCUT2D eigenvalue weighted by molar-refractivity contribution is -0.137. The lowest BCUT2D eigenvalue weighted by atomic mass is 10.1. The fraction of sp³-hybridized carbons (Fsp3) is 0.235. The number of carbonyl (C=O) groups is 1. The van der Waals surface area contributed by atoms with Crippen LogP contribution >= 0.6 is 0 Å². The van der Waals surface area contributed by atoms with Crippen LogP contribution < -0.4 is 10.6 Å². The number of anilines is 1. The zero-order valence-corrected chi connectivity index (χ0v) is 13.2. The quantitative estimate of drug-likeness (QED) is 0.783. The highest BCUT2D eigenvalue weighted by Gasteiger charge is 2.30. The lowest BCUT2D eigenvalue weighted by Gasteiger charge is -2.17. The second kappa shape index (κ2) is 7.98. The van der Waals surface area contributed by atoms with Crippen molar-refractivity contribution >= 4 is 11.7 Å². The van der Waals surface area contributed by atoms with Gasteiger partial charge in [0, 0.05) is 19.3 Å². The van der Waals surface area contributed by atoms with Gasteiger partial charge in [-0.3, -0.25) is 0 Å². The molecule has 2 N–H and O–H groups in total. The molecule has 2 amide bonds. The van der Waals surface area contributed by atoms with Crippen molar-refractivity contribution < 1.29 is 27.1 Å². The van der Waals surface area contributed by atoms with Crippen LogP contribution in [0.15, 0.2) is 48.5 Å². The van der Waals surface area contributed by atoms with E-state index in [9.17, 15) is 22.4 Å². The topological polar surface area (TPSA) is 50.4 Å². The number of hydrogen-bond donors (Lipinski definition) is 2. The number of urea groups is 1. The van der Waals surface area contributed by atoms with Gasteiger partial charge in [-0.2, -0.15) is 13.2 Å². The molecule has 0 spiro atoms. The van der Waals surface area contributed by atoms with Gasteiger partial charge in [0.15, 0.2) is 0 Å². The molecular formula is C17H16F4N2O2. The number of methoxy groups -OCH3 is 1. The van der Waals surface area contributed by atoms with Crippen molar-refractivity contribution in [2.24, 2.45) is 0 Å². The Morgan fingerprint density at radius 1 is 1.16 bits per heavy atom. The summed E-state index contributed by atoms with van der Waals surface area (Å²) in [5, 5.41) is 4.80. The first kappa shape index (κ1) is 18.7. The molecule has 2 aromatic rings. The second-order valence-corrected chi connectivity index (χ2v) is 5.19. The summed E-state index contributed by atoms with van der Waals surface area (Å²) < 4.78 is 56.4. The number of amides is 2. The second-order valence-electron chi connectivity index (χ2n) is 5.19. The van der Waals surface area contributed by atoms with Gasteiger partial charge >= 0.3 is 12.2 Å². The third-order valence-corrected chi connectivity index (χ3v) is 3.40. The van der Waals surface area contributed by atoms with E-state index in [1.807, 2.05) is 0 Å². The SMILES string of the molecule is CO[C@H](CNC(=O)Nc1cccc(C(F)(F)F)c1)c1cccc(F)c1. The molecule has 0 unspecified atom stereocenters. The van der Waals surface area contributed by atoms with E-state index in [0.29, 0.717) is 5.56 Å². The number of carbonyl (C=O) groups excluding carboxylic acids is 1. The Bertz CT molecular complexity index is 735. The molecule has 0 aliphatic carbocycles. The van der Waals surface area contributed by atoms with E-state index in [0.717, 1.165) is 12.1 Å². The fourth-order valence-electron chi connectivity index (χ4n) is 2.18. The van der Waals surface area contributed by atoms with E-state index in [1.54, 1.807) is 6.07 Å². The summed E-state index contributed by atoms with van der Waals surface area (Å²) in [6.07, 6.45) is -5.09. The third kappa shape index (κ3) is 5.46. The van der Waals surface area contributed by atoms with Crippen molar-refractivity contribution in [1.82, 2.24) is 5.32 Å². The fourth-order valence-corrected chi connectivity index (χ4v) is 2.18. The van der Waals surface area contributed by atoms with E-state index in [2.05, 4.69) is 10.6 Å². The van der Waals surface area contributed by atoms with Gasteiger partial charge in [-0.25, -0.2) is 9.18 Å². The zero-order chi connectivity index (χ0) is 18.4. The van der Waals surface area contributed by atoms with Crippen LogP contribution in [0.3, 0.4) is 0 Å². The first-order valence-electron chi connectivity index (χ1n) is 7.30. The maximum atomic E-state index is 13.2. The standard InChI is InChI=1S/C17H16F4N2O2/c1-25-15(11-4-2-6-13(18)8-11)10-22-16(24)23-14-7-3-5-12(9-14)17(19,20)21/h2-9,15H,10H2,1H3,(H2,22,23,24)/t15-/m1/s1. The van der Waals surface area contributed by atoms with E-state index in [-0.39, 0.29) is 12.2 Å². The predicted octanol–water partition coefficient (Wildman–Crippen LogP) is 4.35. The van der Waals surface area contributed by atoms with Crippen LogP contribution in [0.5, 0.6) is 0 Å². The Balaban J connectivity index is 1.96. The molecule has 2 rings (SSSR count). The molecule has 0 fully saturated rings. The summed E-state index contributed by atoms with van der Waals surface area (Å²) in [7, 11) is 1.40. The average molecular weight is 356 g/mol. The molecule has 1 atom stereocenters. The van der Waals surface area contributed by atoms with Crippen molar-refractivity contribution in [1.29, 1.82) is 0 Å². The first-order valence-corrected chi connectivity index (χ1v) is 7.30. The summed E-state index contributed by atoms with van der Waals surface area (Å²) in [5.74, 6) is -0.437. The number of halogens is 4. The molecule has 0 bridgehead atoms. The van der Waals surface area contributed by atoms with E-state index >= 15 is 0 Å². The Morgan fingerprint density at radius 2 is 1.88 bits per heavy atom. The number of alkyl halides is 3. The third-order valence-electron chi connectivity index (χ3n) is 3.40. The molecule has 25 heavy (non-hydrogen) atoms. The molecule has 0 aliphatic rings. The molecule has 134 valence electrons. The van der Waals surface area contributed by atoms with Crippen LogP contribution in [-0.4, -0.2) is 19.7 Å². The van der Waals surface area contributed by atoms with Gasteiger partial charge in [-0.05, 0) is 35.9 Å². The molecule has 0 radical (unpaired) electrons. The van der Waals surface area contributed by atoms with Gasteiger partial charge in [0.25, 0.3) is 0 Å². The number of ether oxygens (including phenoxy) is 1. The van der Waals surface area contributed by atoms with Crippen molar-refractivity contribution in [3.8, 4) is 0 Å². The highest BCUT2D eigenvalue weighted by atomic mass is 19.4. The first-order chi connectivity index (χ1) is 11.8. The lowest BCUT2D eigenvalue weighted by Crippen LogP contribution is -2.33. The van der Waals surface area contributed by atoms with Crippen LogP contribution in [0, 0.1) is 5.82 Å².